The van der Waals surface area contributed by atoms with E-state index in [4.69, 9.17) is 4.80 Å². The quantitative estimate of drug-likeness (QED) is 0.344. The van der Waals surface area contributed by atoms with Crippen molar-refractivity contribution in [1.29, 1.82) is 0 Å². The van der Waals surface area contributed by atoms with Crippen molar-refractivity contribution >= 4 is 18.3 Å². The Labute approximate surface area is 86.5 Å². The molecule has 84 valence electrons. The first-order valence-electron chi connectivity index (χ1n) is 4.04. The zero-order valence-corrected chi connectivity index (χ0v) is 10.8. The van der Waals surface area contributed by atoms with E-state index in [2.05, 4.69) is 0 Å². The first kappa shape index (κ1) is 12.3. The van der Waals surface area contributed by atoms with E-state index in [0.29, 0.717) is 9.76 Å². The highest BCUT2D eigenvalue weighted by atomic mass is 29.2. The largest absolute Gasteiger partial charge is 0.438 e. The summed E-state index contributed by atoms with van der Waals surface area (Å²) in [5.41, 5.74) is -0.902. The summed E-state index contributed by atoms with van der Waals surface area (Å²) in [7, 11) is -1.99. The van der Waals surface area contributed by atoms with Crippen LogP contribution in [0.25, 0.3) is 0 Å². The highest BCUT2D eigenvalue weighted by Crippen LogP contribution is 2.23. The van der Waals surface area contributed by atoms with Gasteiger partial charge in [0.15, 0.2) is 31.8 Å². The van der Waals surface area contributed by atoms with E-state index in [1.807, 2.05) is 0 Å². The topological polar surface area (TPSA) is 20.2 Å². The zero-order valence-electron chi connectivity index (χ0n) is 7.62. The van der Waals surface area contributed by atoms with Crippen molar-refractivity contribution in [2.24, 2.45) is 0 Å². The van der Waals surface area contributed by atoms with Gasteiger partial charge in [-0.05, 0) is 6.04 Å². The van der Waals surface area contributed by atoms with E-state index < -0.39 is 49.3 Å². The fraction of sp³-hybridized carbons (Fsp3) is 0.143. The lowest BCUT2D eigenvalue weighted by molar-refractivity contribution is 0.371. The van der Waals surface area contributed by atoms with Crippen LogP contribution in [0.2, 0.25) is 0 Å². The molecule has 8 heteroatoms. The lowest BCUT2D eigenvalue weighted by Crippen LogP contribution is -2.20. The van der Waals surface area contributed by atoms with E-state index in [-0.39, 0.29) is 0 Å². The molecule has 1 atom stereocenters. The molecular weight excluding hydrogens is 251 g/mol. The molecule has 0 amide bonds. The normalized spacial score (nSPS) is 13.2. The van der Waals surface area contributed by atoms with Gasteiger partial charge in [-0.15, -0.1) is 0 Å². The summed E-state index contributed by atoms with van der Waals surface area (Å²) in [5, 5.41) is 0. The Morgan fingerprint density at radius 3 is 1.53 bits per heavy atom. The summed E-state index contributed by atoms with van der Waals surface area (Å²) in [4.78, 5) is 9.03. The summed E-state index contributed by atoms with van der Waals surface area (Å²) in [5.74, 6) is -9.76. The Balaban J connectivity index is 3.39. The smallest absolute Gasteiger partial charge is 0.200 e. The molecule has 0 spiro atoms. The maximum Gasteiger partial charge on any atom is 0.200 e. The predicted octanol–water partition coefficient (Wildman–Crippen LogP) is 0.0420. The van der Waals surface area contributed by atoms with Gasteiger partial charge in [0.05, 0.1) is 0 Å². The van der Waals surface area contributed by atoms with Gasteiger partial charge in [-0.25, -0.2) is 22.0 Å². The minimum absolute atomic E-state index is 0.316. The van der Waals surface area contributed by atoms with E-state index in [1.54, 1.807) is 0 Å². The van der Waals surface area contributed by atoms with Gasteiger partial charge in [0, 0.05) is 15.3 Å². The third-order valence-corrected chi connectivity index (χ3v) is 4.02. The zero-order chi connectivity index (χ0) is 11.7. The van der Waals surface area contributed by atoms with Gasteiger partial charge in [0.1, 0.15) is 0 Å². The third-order valence-electron chi connectivity index (χ3n) is 1.80. The van der Waals surface area contributed by atoms with Crippen LogP contribution in [0.15, 0.2) is 0 Å². The Hall–Kier alpha value is -0.736. The molecule has 0 aliphatic rings. The van der Waals surface area contributed by atoms with Gasteiger partial charge in [-0.3, -0.25) is 0 Å². The van der Waals surface area contributed by atoms with Crippen LogP contribution in [0.1, 0.15) is 5.56 Å². The Kier molecular flexibility index (Phi) is 3.63. The molecule has 1 aromatic carbocycles. The van der Waals surface area contributed by atoms with E-state index in [1.165, 1.54) is 0 Å². The summed E-state index contributed by atoms with van der Waals surface area (Å²) in [6.07, 6.45) is 0. The molecule has 0 aliphatic heterocycles. The van der Waals surface area contributed by atoms with E-state index in [0.717, 1.165) is 0 Å². The van der Waals surface area contributed by atoms with Gasteiger partial charge in [-0.1, -0.05) is 0 Å². The first-order chi connectivity index (χ1) is 6.86. The third kappa shape index (κ3) is 2.26. The molecule has 1 N–H and O–H groups in total. The fourth-order valence-electron chi connectivity index (χ4n) is 1.12. The molecule has 1 rings (SSSR count). The molecule has 0 bridgehead atoms. The van der Waals surface area contributed by atoms with E-state index >= 15 is 0 Å². The molecular formula is C7H7F5OSi2. The summed E-state index contributed by atoms with van der Waals surface area (Å²) in [6, 6.07) is -0.433. The number of benzene rings is 1. The Morgan fingerprint density at radius 1 is 0.867 bits per heavy atom. The summed E-state index contributed by atoms with van der Waals surface area (Å²) in [6.45, 7) is 0. The molecule has 1 aromatic rings. The SMILES string of the molecule is O[SiH]([SiH3])Cc1c(F)c(F)c(F)c(F)c1F. The first-order valence-corrected chi connectivity index (χ1v) is 9.99. The minimum atomic E-state index is -2.31. The van der Waals surface area contributed by atoms with Crippen LogP contribution < -0.4 is 0 Å². The lowest BCUT2D eigenvalue weighted by Gasteiger charge is -2.08. The molecule has 0 saturated carbocycles. The van der Waals surface area contributed by atoms with Crippen LogP contribution >= 0.6 is 0 Å². The number of halogens is 5. The monoisotopic (exact) mass is 258 g/mol. The van der Waals surface area contributed by atoms with E-state index in [9.17, 15) is 22.0 Å². The number of hydrogen-bond acceptors (Lipinski definition) is 1. The average Bonchev–Trinajstić information content (AvgIpc) is 2.18. The van der Waals surface area contributed by atoms with Crippen molar-refractivity contribution in [3.8, 4) is 0 Å². The van der Waals surface area contributed by atoms with Crippen LogP contribution in [0.5, 0.6) is 0 Å². The van der Waals surface area contributed by atoms with Gasteiger partial charge in [0.2, 0.25) is 5.82 Å². The van der Waals surface area contributed by atoms with Gasteiger partial charge in [-0.2, -0.15) is 0 Å². The van der Waals surface area contributed by atoms with Crippen LogP contribution in [-0.4, -0.2) is 23.1 Å². The van der Waals surface area contributed by atoms with Crippen molar-refractivity contribution < 1.29 is 26.7 Å². The molecule has 0 fully saturated rings. The van der Waals surface area contributed by atoms with Gasteiger partial charge < -0.3 is 4.80 Å². The van der Waals surface area contributed by atoms with Gasteiger partial charge >= 0.3 is 0 Å². The molecule has 0 saturated heterocycles. The highest BCUT2D eigenvalue weighted by Gasteiger charge is 2.26. The second kappa shape index (κ2) is 4.41. The van der Waals surface area contributed by atoms with Crippen molar-refractivity contribution in [1.82, 2.24) is 0 Å². The van der Waals surface area contributed by atoms with Gasteiger partial charge in [0.25, 0.3) is 0 Å². The molecule has 0 aliphatic carbocycles. The average molecular weight is 258 g/mol. The fourth-order valence-corrected chi connectivity index (χ4v) is 3.30. The lowest BCUT2D eigenvalue weighted by atomic mass is 10.2. The van der Waals surface area contributed by atoms with Crippen LogP contribution in [-0.2, 0) is 6.04 Å². The number of rotatable bonds is 2. The van der Waals surface area contributed by atoms with Crippen LogP contribution in [0.4, 0.5) is 22.0 Å². The maximum absolute atomic E-state index is 13.0. The summed E-state index contributed by atoms with van der Waals surface area (Å²) < 4.78 is 63.8. The Bertz CT molecular complexity index is 366. The molecule has 0 radical (unpaired) electrons. The van der Waals surface area contributed by atoms with Crippen molar-refractivity contribution in [2.75, 3.05) is 0 Å². The molecule has 1 unspecified atom stereocenters. The number of hydrogen-bond donors (Lipinski definition) is 1. The van der Waals surface area contributed by atoms with Crippen molar-refractivity contribution in [3.05, 3.63) is 34.6 Å². The minimum Gasteiger partial charge on any atom is -0.438 e. The van der Waals surface area contributed by atoms with Crippen LogP contribution in [0.3, 0.4) is 0 Å². The maximum atomic E-state index is 13.0. The van der Waals surface area contributed by atoms with Crippen LogP contribution in [0, 0.1) is 29.1 Å². The second-order valence-corrected chi connectivity index (χ2v) is 9.21. The van der Waals surface area contributed by atoms with Crippen molar-refractivity contribution in [2.45, 2.75) is 6.04 Å². The standard InChI is InChI=1S/C7H7F5OSi2/c8-3-2(1-15(13)14)4(9)6(11)7(12)5(3)10/h13,15H,1H2,14H3. The molecule has 15 heavy (non-hydrogen) atoms. The summed E-state index contributed by atoms with van der Waals surface area (Å²) >= 11 is 0. The molecule has 0 heterocycles. The second-order valence-electron chi connectivity index (χ2n) is 3.10. The molecule has 1 nitrogen and oxygen atoms in total. The highest BCUT2D eigenvalue weighted by molar-refractivity contribution is 6.98. The predicted molar refractivity (Wildman–Crippen MR) is 49.2 cm³/mol. The molecule has 0 aromatic heterocycles. The van der Waals surface area contributed by atoms with Crippen molar-refractivity contribution in [3.63, 3.8) is 0 Å². The Morgan fingerprint density at radius 2 is 1.20 bits per heavy atom.